The largest absolute Gasteiger partial charge is 0.459 e. The van der Waals surface area contributed by atoms with Gasteiger partial charge in [0.2, 0.25) is 0 Å². The van der Waals surface area contributed by atoms with Gasteiger partial charge in [-0.3, -0.25) is 9.69 Å². The molecule has 0 spiro atoms. The molecule has 1 unspecified atom stereocenters. The van der Waals surface area contributed by atoms with E-state index in [-0.39, 0.29) is 5.91 Å². The van der Waals surface area contributed by atoms with Crippen molar-refractivity contribution in [1.82, 2.24) is 9.80 Å². The normalized spacial score (nSPS) is 25.5. The lowest BCUT2D eigenvalue weighted by Crippen LogP contribution is -2.39. The molecule has 2 fully saturated rings. The Kier molecular flexibility index (Phi) is 3.84. The second kappa shape index (κ2) is 5.75. The summed E-state index contributed by atoms with van der Waals surface area (Å²) in [5.41, 5.74) is 0. The Balaban J connectivity index is 1.59. The predicted molar refractivity (Wildman–Crippen MR) is 70.0 cm³/mol. The fourth-order valence-corrected chi connectivity index (χ4v) is 2.87. The molecule has 0 aromatic carbocycles. The predicted octanol–water partition coefficient (Wildman–Crippen LogP) is 1.22. The van der Waals surface area contributed by atoms with Crippen LogP contribution >= 0.6 is 0 Å². The van der Waals surface area contributed by atoms with Gasteiger partial charge in [-0.25, -0.2) is 0 Å². The van der Waals surface area contributed by atoms with Gasteiger partial charge in [0.15, 0.2) is 5.76 Å². The number of rotatable bonds is 2. The standard InChI is InChI=1S/C14H20N2O3/c17-14(13-3-1-9-19-13)16-6-2-5-15(7-8-16)12-4-10-18-11-12/h1,3,9,12H,2,4-8,10-11H2. The first kappa shape index (κ1) is 12.7. The molecule has 3 heterocycles. The minimum absolute atomic E-state index is 0.00882. The minimum atomic E-state index is 0.00882. The minimum Gasteiger partial charge on any atom is -0.459 e. The molecule has 1 amide bonds. The third-order valence-corrected chi connectivity index (χ3v) is 3.97. The van der Waals surface area contributed by atoms with Gasteiger partial charge in [0.25, 0.3) is 5.91 Å². The van der Waals surface area contributed by atoms with Crippen molar-refractivity contribution in [3.8, 4) is 0 Å². The molecule has 19 heavy (non-hydrogen) atoms. The molecule has 104 valence electrons. The number of furan rings is 1. The van der Waals surface area contributed by atoms with E-state index < -0.39 is 0 Å². The van der Waals surface area contributed by atoms with Crippen LogP contribution in [-0.4, -0.2) is 61.1 Å². The van der Waals surface area contributed by atoms with Gasteiger partial charge in [-0.1, -0.05) is 0 Å². The van der Waals surface area contributed by atoms with Crippen LogP contribution < -0.4 is 0 Å². The zero-order valence-corrected chi connectivity index (χ0v) is 11.1. The van der Waals surface area contributed by atoms with Crippen LogP contribution in [0.1, 0.15) is 23.4 Å². The zero-order chi connectivity index (χ0) is 13.1. The summed E-state index contributed by atoms with van der Waals surface area (Å²) in [6.07, 6.45) is 3.68. The highest BCUT2D eigenvalue weighted by Crippen LogP contribution is 2.16. The molecule has 0 bridgehead atoms. The number of carbonyl (C=O) groups excluding carboxylic acids is 1. The Morgan fingerprint density at radius 2 is 2.21 bits per heavy atom. The molecule has 1 atom stereocenters. The van der Waals surface area contributed by atoms with Gasteiger partial charge in [0.1, 0.15) is 0 Å². The summed E-state index contributed by atoms with van der Waals surface area (Å²) in [5, 5.41) is 0. The highest BCUT2D eigenvalue weighted by molar-refractivity contribution is 5.91. The molecule has 0 aliphatic carbocycles. The van der Waals surface area contributed by atoms with Crippen LogP contribution in [0.25, 0.3) is 0 Å². The van der Waals surface area contributed by atoms with E-state index >= 15 is 0 Å². The Hall–Kier alpha value is -1.33. The zero-order valence-electron chi connectivity index (χ0n) is 11.1. The lowest BCUT2D eigenvalue weighted by Gasteiger charge is -2.26. The lowest BCUT2D eigenvalue weighted by atomic mass is 10.2. The fourth-order valence-electron chi connectivity index (χ4n) is 2.87. The second-order valence-electron chi connectivity index (χ2n) is 5.18. The number of hydrogen-bond donors (Lipinski definition) is 0. The maximum atomic E-state index is 12.2. The van der Waals surface area contributed by atoms with E-state index in [0.29, 0.717) is 11.8 Å². The summed E-state index contributed by atoms with van der Waals surface area (Å²) in [6, 6.07) is 4.03. The van der Waals surface area contributed by atoms with Gasteiger partial charge in [-0.2, -0.15) is 0 Å². The van der Waals surface area contributed by atoms with E-state index in [0.717, 1.165) is 52.2 Å². The van der Waals surface area contributed by atoms with Crippen LogP contribution in [0.15, 0.2) is 22.8 Å². The second-order valence-corrected chi connectivity index (χ2v) is 5.18. The molecule has 1 aromatic heterocycles. The SMILES string of the molecule is O=C(c1ccco1)N1CCCN(C2CCOC2)CC1. The van der Waals surface area contributed by atoms with Gasteiger partial charge in [-0.05, 0) is 25.0 Å². The summed E-state index contributed by atoms with van der Waals surface area (Å²) in [6.45, 7) is 5.28. The maximum absolute atomic E-state index is 12.2. The van der Waals surface area contributed by atoms with Gasteiger partial charge in [0, 0.05) is 38.8 Å². The quantitative estimate of drug-likeness (QED) is 0.805. The van der Waals surface area contributed by atoms with Crippen LogP contribution in [0.5, 0.6) is 0 Å². The van der Waals surface area contributed by atoms with Crippen molar-refractivity contribution in [3.05, 3.63) is 24.2 Å². The maximum Gasteiger partial charge on any atom is 0.289 e. The summed E-state index contributed by atoms with van der Waals surface area (Å²) >= 11 is 0. The Morgan fingerprint density at radius 1 is 1.26 bits per heavy atom. The molecule has 0 N–H and O–H groups in total. The van der Waals surface area contributed by atoms with Crippen molar-refractivity contribution >= 4 is 5.91 Å². The van der Waals surface area contributed by atoms with Crippen LogP contribution in [0.3, 0.4) is 0 Å². The lowest BCUT2D eigenvalue weighted by molar-refractivity contribution is 0.0725. The molecule has 3 rings (SSSR count). The summed E-state index contributed by atoms with van der Waals surface area (Å²) in [4.78, 5) is 16.6. The van der Waals surface area contributed by atoms with E-state index in [4.69, 9.17) is 9.15 Å². The van der Waals surface area contributed by atoms with E-state index in [1.165, 1.54) is 0 Å². The van der Waals surface area contributed by atoms with Crippen molar-refractivity contribution in [1.29, 1.82) is 0 Å². The molecule has 5 nitrogen and oxygen atoms in total. The van der Waals surface area contributed by atoms with Gasteiger partial charge >= 0.3 is 0 Å². The van der Waals surface area contributed by atoms with Crippen molar-refractivity contribution in [3.63, 3.8) is 0 Å². The topological polar surface area (TPSA) is 45.9 Å². The first-order valence-corrected chi connectivity index (χ1v) is 6.99. The summed E-state index contributed by atoms with van der Waals surface area (Å²) in [7, 11) is 0. The molecule has 5 heteroatoms. The average Bonchev–Trinajstić information content (AvgIpc) is 3.08. The first-order chi connectivity index (χ1) is 9.34. The molecule has 0 radical (unpaired) electrons. The third-order valence-electron chi connectivity index (χ3n) is 3.97. The highest BCUT2D eigenvalue weighted by atomic mass is 16.5. The van der Waals surface area contributed by atoms with Crippen molar-refractivity contribution in [2.45, 2.75) is 18.9 Å². The van der Waals surface area contributed by atoms with Gasteiger partial charge < -0.3 is 14.1 Å². The van der Waals surface area contributed by atoms with Crippen molar-refractivity contribution < 1.29 is 13.9 Å². The van der Waals surface area contributed by atoms with Crippen LogP contribution in [-0.2, 0) is 4.74 Å². The average molecular weight is 264 g/mol. The fraction of sp³-hybridized carbons (Fsp3) is 0.643. The molecule has 1 aromatic rings. The first-order valence-electron chi connectivity index (χ1n) is 6.99. The van der Waals surface area contributed by atoms with E-state index in [9.17, 15) is 4.79 Å². The number of ether oxygens (including phenoxy) is 1. The van der Waals surface area contributed by atoms with Crippen LogP contribution in [0.4, 0.5) is 0 Å². The van der Waals surface area contributed by atoms with Crippen LogP contribution in [0, 0.1) is 0 Å². The smallest absolute Gasteiger partial charge is 0.289 e. The molecule has 2 saturated heterocycles. The Bertz CT molecular complexity index is 412. The highest BCUT2D eigenvalue weighted by Gasteiger charge is 2.27. The summed E-state index contributed by atoms with van der Waals surface area (Å²) < 4.78 is 10.6. The summed E-state index contributed by atoms with van der Waals surface area (Å²) in [5.74, 6) is 0.451. The molecule has 2 aliphatic rings. The van der Waals surface area contributed by atoms with Crippen molar-refractivity contribution in [2.75, 3.05) is 39.4 Å². The molecular weight excluding hydrogens is 244 g/mol. The monoisotopic (exact) mass is 264 g/mol. The number of carbonyl (C=O) groups is 1. The number of amides is 1. The van der Waals surface area contributed by atoms with E-state index in [1.807, 2.05) is 4.90 Å². The third kappa shape index (κ3) is 2.82. The molecule has 0 saturated carbocycles. The van der Waals surface area contributed by atoms with Gasteiger partial charge in [0.05, 0.1) is 12.9 Å². The van der Waals surface area contributed by atoms with Crippen molar-refractivity contribution in [2.24, 2.45) is 0 Å². The number of hydrogen-bond acceptors (Lipinski definition) is 4. The molecule has 2 aliphatic heterocycles. The number of nitrogens with zero attached hydrogens (tertiary/aromatic N) is 2. The van der Waals surface area contributed by atoms with Gasteiger partial charge in [-0.15, -0.1) is 0 Å². The molecular formula is C14H20N2O3. The van der Waals surface area contributed by atoms with E-state index in [1.54, 1.807) is 18.4 Å². The Labute approximate surface area is 113 Å². The Morgan fingerprint density at radius 3 is 2.95 bits per heavy atom. The van der Waals surface area contributed by atoms with Crippen LogP contribution in [0.2, 0.25) is 0 Å². The van der Waals surface area contributed by atoms with E-state index in [2.05, 4.69) is 4.90 Å².